The molecule has 0 saturated carbocycles. The molecule has 0 unspecified atom stereocenters. The molecule has 2 N–H and O–H groups in total. The first-order valence-electron chi connectivity index (χ1n) is 5.41. The molecule has 0 aliphatic rings. The number of hydrogen-bond donors (Lipinski definition) is 2. The first kappa shape index (κ1) is 13.9. The minimum atomic E-state index is -0.00357. The second kappa shape index (κ2) is 6.38. The van der Waals surface area contributed by atoms with Crippen LogP contribution in [0.4, 0.5) is 0 Å². The van der Waals surface area contributed by atoms with Crippen LogP contribution in [0.1, 0.15) is 27.7 Å². The van der Waals surface area contributed by atoms with Gasteiger partial charge in [0.05, 0.1) is 0 Å². The van der Waals surface area contributed by atoms with Gasteiger partial charge < -0.3 is 15.3 Å². The first-order chi connectivity index (χ1) is 6.39. The molecule has 0 saturated heterocycles. The van der Waals surface area contributed by atoms with Gasteiger partial charge in [0.2, 0.25) is 0 Å². The highest BCUT2D eigenvalue weighted by molar-refractivity contribution is 4.70. The Labute approximate surface area is 88.5 Å². The van der Waals surface area contributed by atoms with Gasteiger partial charge in [0, 0.05) is 37.7 Å². The molecule has 0 heterocycles. The molecule has 0 aromatic heterocycles. The van der Waals surface area contributed by atoms with Gasteiger partial charge in [-0.05, 0) is 20.9 Å². The Kier molecular flexibility index (Phi) is 6.33. The maximum atomic E-state index is 9.04. The predicted molar refractivity (Wildman–Crippen MR) is 61.5 cm³/mol. The summed E-state index contributed by atoms with van der Waals surface area (Å²) in [6, 6.07) is 0.600. The van der Waals surface area contributed by atoms with Gasteiger partial charge in [-0.15, -0.1) is 0 Å². The summed E-state index contributed by atoms with van der Waals surface area (Å²) < 4.78 is 0. The van der Waals surface area contributed by atoms with E-state index in [1.165, 1.54) is 0 Å². The molecule has 3 nitrogen and oxygen atoms in total. The molecule has 0 aliphatic carbocycles. The fourth-order valence-corrected chi connectivity index (χ4v) is 0.996. The minimum absolute atomic E-state index is 0.00357. The zero-order chi connectivity index (χ0) is 11.2. The first-order valence-corrected chi connectivity index (χ1v) is 5.41. The molecular formula is C11H26N2O. The SMILES string of the molecule is CC(C)N(C)CCNCC(C)(C)CO. The van der Waals surface area contributed by atoms with E-state index in [0.717, 1.165) is 19.6 Å². The third kappa shape index (κ3) is 6.35. The van der Waals surface area contributed by atoms with E-state index in [0.29, 0.717) is 6.04 Å². The molecule has 0 bridgehead atoms. The Hall–Kier alpha value is -0.120. The van der Waals surface area contributed by atoms with Gasteiger partial charge in [0.15, 0.2) is 0 Å². The zero-order valence-electron chi connectivity index (χ0n) is 10.3. The molecule has 14 heavy (non-hydrogen) atoms. The molecule has 0 aliphatic heterocycles. The van der Waals surface area contributed by atoms with Crippen LogP contribution in [0, 0.1) is 5.41 Å². The fourth-order valence-electron chi connectivity index (χ4n) is 0.996. The molecule has 0 fully saturated rings. The molecule has 0 amide bonds. The minimum Gasteiger partial charge on any atom is -0.396 e. The van der Waals surface area contributed by atoms with Crippen LogP contribution in [-0.4, -0.2) is 49.3 Å². The standard InChI is InChI=1S/C11H26N2O/c1-10(2)13(5)7-6-12-8-11(3,4)9-14/h10,12,14H,6-9H2,1-5H3. The summed E-state index contributed by atoms with van der Waals surface area (Å²) in [7, 11) is 2.13. The van der Waals surface area contributed by atoms with Crippen LogP contribution < -0.4 is 5.32 Å². The average molecular weight is 202 g/mol. The van der Waals surface area contributed by atoms with E-state index in [2.05, 4.69) is 45.0 Å². The van der Waals surface area contributed by atoms with Crippen molar-refractivity contribution in [3.05, 3.63) is 0 Å². The number of likely N-dealkylation sites (N-methyl/N-ethyl adjacent to an activating group) is 1. The van der Waals surface area contributed by atoms with E-state index in [9.17, 15) is 0 Å². The summed E-state index contributed by atoms with van der Waals surface area (Å²) in [4.78, 5) is 2.30. The lowest BCUT2D eigenvalue weighted by molar-refractivity contribution is 0.155. The largest absolute Gasteiger partial charge is 0.396 e. The summed E-state index contributed by atoms with van der Waals surface area (Å²) in [5.74, 6) is 0. The lowest BCUT2D eigenvalue weighted by Gasteiger charge is -2.24. The van der Waals surface area contributed by atoms with Gasteiger partial charge in [0.1, 0.15) is 0 Å². The number of hydrogen-bond acceptors (Lipinski definition) is 3. The van der Waals surface area contributed by atoms with Crippen molar-refractivity contribution in [2.24, 2.45) is 5.41 Å². The maximum Gasteiger partial charge on any atom is 0.0494 e. The molecule has 0 aromatic rings. The number of nitrogens with one attached hydrogen (secondary N) is 1. The number of aliphatic hydroxyl groups is 1. The Morgan fingerprint density at radius 2 is 1.93 bits per heavy atom. The second-order valence-corrected chi connectivity index (χ2v) is 5.07. The fraction of sp³-hybridized carbons (Fsp3) is 1.00. The van der Waals surface area contributed by atoms with Gasteiger partial charge in [0.25, 0.3) is 0 Å². The topological polar surface area (TPSA) is 35.5 Å². The van der Waals surface area contributed by atoms with E-state index in [1.54, 1.807) is 0 Å². The number of aliphatic hydroxyl groups excluding tert-OH is 1. The zero-order valence-corrected chi connectivity index (χ0v) is 10.3. The normalized spacial score (nSPS) is 12.9. The van der Waals surface area contributed by atoms with Crippen LogP contribution >= 0.6 is 0 Å². The van der Waals surface area contributed by atoms with E-state index in [-0.39, 0.29) is 12.0 Å². The summed E-state index contributed by atoms with van der Waals surface area (Å²) in [5, 5.41) is 12.4. The summed E-state index contributed by atoms with van der Waals surface area (Å²) in [5.41, 5.74) is -0.00357. The lowest BCUT2D eigenvalue weighted by atomic mass is 9.95. The van der Waals surface area contributed by atoms with Crippen molar-refractivity contribution in [3.63, 3.8) is 0 Å². The molecule has 0 aromatic carbocycles. The van der Waals surface area contributed by atoms with Gasteiger partial charge >= 0.3 is 0 Å². The summed E-state index contributed by atoms with van der Waals surface area (Å²) in [6.45, 7) is 11.7. The predicted octanol–water partition coefficient (Wildman–Crippen LogP) is 0.935. The average Bonchev–Trinajstić information content (AvgIpc) is 2.12. The highest BCUT2D eigenvalue weighted by atomic mass is 16.3. The smallest absolute Gasteiger partial charge is 0.0494 e. The highest BCUT2D eigenvalue weighted by Crippen LogP contribution is 2.10. The molecule has 0 rings (SSSR count). The van der Waals surface area contributed by atoms with Gasteiger partial charge in [-0.3, -0.25) is 0 Å². The van der Waals surface area contributed by atoms with Crippen molar-refractivity contribution in [2.45, 2.75) is 33.7 Å². The summed E-state index contributed by atoms with van der Waals surface area (Å²) >= 11 is 0. The Bertz CT molecular complexity index is 146. The lowest BCUT2D eigenvalue weighted by Crippen LogP contribution is -2.38. The highest BCUT2D eigenvalue weighted by Gasteiger charge is 2.15. The van der Waals surface area contributed by atoms with E-state index >= 15 is 0 Å². The van der Waals surface area contributed by atoms with Gasteiger partial charge in [-0.1, -0.05) is 13.8 Å². The molecule has 0 atom stereocenters. The van der Waals surface area contributed by atoms with Crippen LogP contribution in [0.5, 0.6) is 0 Å². The van der Waals surface area contributed by atoms with Crippen LogP contribution in [-0.2, 0) is 0 Å². The van der Waals surface area contributed by atoms with E-state index in [1.807, 2.05) is 0 Å². The Balaban J connectivity index is 3.47. The van der Waals surface area contributed by atoms with E-state index < -0.39 is 0 Å². The molecule has 3 heteroatoms. The third-order valence-electron chi connectivity index (χ3n) is 2.55. The van der Waals surface area contributed by atoms with Crippen molar-refractivity contribution in [1.82, 2.24) is 10.2 Å². The molecular weight excluding hydrogens is 176 g/mol. The van der Waals surface area contributed by atoms with Crippen LogP contribution in [0.3, 0.4) is 0 Å². The summed E-state index contributed by atoms with van der Waals surface area (Å²) in [6.07, 6.45) is 0. The van der Waals surface area contributed by atoms with Gasteiger partial charge in [-0.25, -0.2) is 0 Å². The maximum absolute atomic E-state index is 9.04. The third-order valence-corrected chi connectivity index (χ3v) is 2.55. The van der Waals surface area contributed by atoms with Crippen molar-refractivity contribution in [1.29, 1.82) is 0 Å². The van der Waals surface area contributed by atoms with Crippen molar-refractivity contribution < 1.29 is 5.11 Å². The number of rotatable bonds is 7. The Morgan fingerprint density at radius 3 is 2.36 bits per heavy atom. The number of nitrogens with zero attached hydrogens (tertiary/aromatic N) is 1. The van der Waals surface area contributed by atoms with Crippen molar-refractivity contribution in [2.75, 3.05) is 33.3 Å². The van der Waals surface area contributed by atoms with E-state index in [4.69, 9.17) is 5.11 Å². The molecule has 0 radical (unpaired) electrons. The van der Waals surface area contributed by atoms with Gasteiger partial charge in [-0.2, -0.15) is 0 Å². The van der Waals surface area contributed by atoms with Crippen molar-refractivity contribution in [3.8, 4) is 0 Å². The second-order valence-electron chi connectivity index (χ2n) is 5.07. The van der Waals surface area contributed by atoms with Crippen LogP contribution in [0.2, 0.25) is 0 Å². The quantitative estimate of drug-likeness (QED) is 0.603. The molecule has 0 spiro atoms. The van der Waals surface area contributed by atoms with Crippen LogP contribution in [0.15, 0.2) is 0 Å². The van der Waals surface area contributed by atoms with Crippen LogP contribution in [0.25, 0.3) is 0 Å². The molecule has 86 valence electrons. The monoisotopic (exact) mass is 202 g/mol. The Morgan fingerprint density at radius 1 is 1.36 bits per heavy atom. The van der Waals surface area contributed by atoms with Crippen molar-refractivity contribution >= 4 is 0 Å².